The normalized spacial score (nSPS) is 12.0. The maximum atomic E-state index is 14.1. The van der Waals surface area contributed by atoms with Crippen LogP contribution >= 0.6 is 11.9 Å². The average molecular weight is 718 g/mol. The first-order chi connectivity index (χ1) is 24.7. The van der Waals surface area contributed by atoms with Gasteiger partial charge in [0, 0.05) is 29.8 Å². The lowest BCUT2D eigenvalue weighted by molar-refractivity contribution is -0.0980. The Balaban J connectivity index is 0.000000712. The van der Waals surface area contributed by atoms with E-state index in [0.717, 1.165) is 54.5 Å². The number of anilines is 2. The fraction of sp³-hybridized carbons (Fsp3) is 0.300. The van der Waals surface area contributed by atoms with E-state index in [1.807, 2.05) is 31.9 Å². The number of aryl methyl sites for hydroxylation is 2. The molecule has 0 aliphatic heterocycles. The summed E-state index contributed by atoms with van der Waals surface area (Å²) in [5.74, 6) is -1.49. The van der Waals surface area contributed by atoms with Crippen LogP contribution in [-0.2, 0) is 17.6 Å². The van der Waals surface area contributed by atoms with Crippen LogP contribution in [0.15, 0.2) is 95.9 Å². The van der Waals surface area contributed by atoms with Gasteiger partial charge in [-0.25, -0.2) is 9.18 Å². The molecule has 1 aliphatic carbocycles. The first kappa shape index (κ1) is 42.3. The summed E-state index contributed by atoms with van der Waals surface area (Å²) in [6.07, 6.45) is 8.90. The highest BCUT2D eigenvalue weighted by Crippen LogP contribution is 2.23. The smallest absolute Gasteiger partial charge is 0.335 e. The first-order valence-electron chi connectivity index (χ1n) is 16.8. The molecule has 9 nitrogen and oxygen atoms in total. The van der Waals surface area contributed by atoms with E-state index in [1.165, 1.54) is 56.2 Å². The summed E-state index contributed by atoms with van der Waals surface area (Å²) in [6.45, 7) is 7.10. The Labute approximate surface area is 304 Å². The molecule has 272 valence electrons. The zero-order valence-corrected chi connectivity index (χ0v) is 30.2. The molecule has 5 rings (SSSR count). The van der Waals surface area contributed by atoms with Crippen LogP contribution in [-0.4, -0.2) is 48.4 Å². The first-order valence-corrected chi connectivity index (χ1v) is 17.6. The van der Waals surface area contributed by atoms with Crippen LogP contribution in [0, 0.1) is 11.7 Å². The second-order valence-corrected chi connectivity index (χ2v) is 12.6. The number of amides is 2. The molecule has 1 saturated carbocycles. The third kappa shape index (κ3) is 14.9. The molecule has 2 amide bonds. The zero-order valence-electron chi connectivity index (χ0n) is 29.4. The number of aliphatic hydroxyl groups is 1. The lowest BCUT2D eigenvalue weighted by Crippen LogP contribution is -2.18. The summed E-state index contributed by atoms with van der Waals surface area (Å²) in [5.41, 5.74) is 3.43. The summed E-state index contributed by atoms with van der Waals surface area (Å²) in [7, 11) is 1.00. The molecule has 5 N–H and O–H groups in total. The van der Waals surface area contributed by atoms with Gasteiger partial charge in [-0.2, -0.15) is 0 Å². The van der Waals surface area contributed by atoms with Crippen LogP contribution in [0.1, 0.15) is 88.2 Å². The standard InChI is InChI=1S/C31H28FN3O4S.C7H14.CH4O.CH2O/c1-2-33-40-26-5-3-4-23(18-26)29(36)35-28-17-14-24(32)19-27(28)30(37)34-25-15-10-21(11-16-25)7-6-20-8-12-22(13-9-20)31(38)39;1-7-5-3-2-4-6-7;2*1-2/h3-5,8-19,33H,2,6-7H2,1H3,(H,34,37)(H,35,36)(H,38,39);7H,2-6H2,1H3;2H,1H3;1H2. The van der Waals surface area contributed by atoms with Gasteiger partial charge in [0.2, 0.25) is 0 Å². The number of aromatic carboxylic acids is 1. The number of halogens is 1. The molecule has 4 aromatic rings. The molecule has 1 aliphatic rings. The van der Waals surface area contributed by atoms with E-state index >= 15 is 0 Å². The van der Waals surface area contributed by atoms with Crippen LogP contribution in [0.3, 0.4) is 0 Å². The Morgan fingerprint density at radius 2 is 1.39 bits per heavy atom. The van der Waals surface area contributed by atoms with E-state index in [1.54, 1.807) is 54.6 Å². The lowest BCUT2D eigenvalue weighted by Gasteiger charge is -2.15. The predicted octanol–water partition coefficient (Wildman–Crippen LogP) is 8.44. The van der Waals surface area contributed by atoms with Gasteiger partial charge in [0.1, 0.15) is 12.6 Å². The molecule has 0 radical (unpaired) electrons. The Kier molecular flexibility index (Phi) is 19.5. The Morgan fingerprint density at radius 1 is 0.784 bits per heavy atom. The third-order valence-corrected chi connectivity index (χ3v) is 8.84. The highest BCUT2D eigenvalue weighted by Gasteiger charge is 2.17. The molecule has 0 spiro atoms. The van der Waals surface area contributed by atoms with E-state index in [9.17, 15) is 18.8 Å². The SMILES string of the molecule is C=O.CC1CCCCC1.CCNSc1cccc(C(=O)Nc2ccc(F)cc2C(=O)Nc2ccc(CCc3ccc(C(=O)O)cc3)cc2)c1.CO. The minimum atomic E-state index is -0.957. The van der Waals surface area contributed by atoms with Crippen molar-refractivity contribution in [2.24, 2.45) is 5.92 Å². The molecule has 0 heterocycles. The number of hydrogen-bond donors (Lipinski definition) is 5. The number of carbonyl (C=O) groups excluding carboxylic acids is 3. The van der Waals surface area contributed by atoms with Crippen LogP contribution in [0.4, 0.5) is 15.8 Å². The van der Waals surface area contributed by atoms with Crippen LogP contribution in [0.25, 0.3) is 0 Å². The van der Waals surface area contributed by atoms with E-state index in [4.69, 9.17) is 15.0 Å². The number of benzene rings is 4. The molecule has 11 heteroatoms. The Morgan fingerprint density at radius 3 is 1.94 bits per heavy atom. The van der Waals surface area contributed by atoms with Crippen molar-refractivity contribution in [3.63, 3.8) is 0 Å². The predicted molar refractivity (Wildman–Crippen MR) is 203 cm³/mol. The van der Waals surface area contributed by atoms with Gasteiger partial charge in [0.25, 0.3) is 11.8 Å². The van der Waals surface area contributed by atoms with Gasteiger partial charge in [-0.05, 0) is 102 Å². The number of carbonyl (C=O) groups is 4. The minimum absolute atomic E-state index is 0.000383. The molecule has 0 unspecified atom stereocenters. The number of aliphatic hydroxyl groups excluding tert-OH is 1. The number of rotatable bonds is 11. The van der Waals surface area contributed by atoms with Gasteiger partial charge in [-0.3, -0.25) is 14.3 Å². The summed E-state index contributed by atoms with van der Waals surface area (Å²) < 4.78 is 17.2. The van der Waals surface area contributed by atoms with Gasteiger partial charge in [0.15, 0.2) is 0 Å². The van der Waals surface area contributed by atoms with Crippen molar-refractivity contribution in [3.8, 4) is 0 Å². The molecule has 1 fully saturated rings. The highest BCUT2D eigenvalue weighted by atomic mass is 32.2. The molecular formula is C40H48FN3O6S. The number of nitrogens with one attached hydrogen (secondary N) is 3. The fourth-order valence-electron chi connectivity index (χ4n) is 5.23. The molecule has 0 aromatic heterocycles. The van der Waals surface area contributed by atoms with Gasteiger partial charge in [0.05, 0.1) is 16.8 Å². The van der Waals surface area contributed by atoms with E-state index in [0.29, 0.717) is 11.3 Å². The Hall–Kier alpha value is -4.84. The monoisotopic (exact) mass is 717 g/mol. The number of hydrogen-bond acceptors (Lipinski definition) is 7. The van der Waals surface area contributed by atoms with Crippen molar-refractivity contribution in [1.82, 2.24) is 4.72 Å². The average Bonchev–Trinajstić information content (AvgIpc) is 3.16. The van der Waals surface area contributed by atoms with Crippen LogP contribution < -0.4 is 15.4 Å². The van der Waals surface area contributed by atoms with E-state index in [-0.39, 0.29) is 16.8 Å². The van der Waals surface area contributed by atoms with Crippen molar-refractivity contribution in [3.05, 3.63) is 125 Å². The maximum Gasteiger partial charge on any atom is 0.335 e. The van der Waals surface area contributed by atoms with Crippen LogP contribution in [0.2, 0.25) is 0 Å². The van der Waals surface area contributed by atoms with Gasteiger partial charge in [-0.15, -0.1) is 0 Å². The molecule has 0 bridgehead atoms. The summed E-state index contributed by atoms with van der Waals surface area (Å²) in [5, 5.41) is 21.5. The number of carboxylic acid groups (broad SMARTS) is 1. The van der Waals surface area contributed by atoms with E-state index in [2.05, 4.69) is 22.3 Å². The zero-order chi connectivity index (χ0) is 37.6. The van der Waals surface area contributed by atoms with Crippen LogP contribution in [0.5, 0.6) is 0 Å². The second kappa shape index (κ2) is 23.5. The maximum absolute atomic E-state index is 14.1. The molecule has 0 atom stereocenters. The summed E-state index contributed by atoms with van der Waals surface area (Å²) in [4.78, 5) is 45.8. The fourth-order valence-corrected chi connectivity index (χ4v) is 5.87. The van der Waals surface area contributed by atoms with Gasteiger partial charge in [-0.1, -0.05) is 76.3 Å². The molecule has 51 heavy (non-hydrogen) atoms. The number of carboxylic acids is 1. The largest absolute Gasteiger partial charge is 0.478 e. The quantitative estimate of drug-likeness (QED) is 0.0973. The second-order valence-electron chi connectivity index (χ2n) is 11.7. The lowest BCUT2D eigenvalue weighted by atomic mass is 9.91. The minimum Gasteiger partial charge on any atom is -0.478 e. The summed E-state index contributed by atoms with van der Waals surface area (Å²) >= 11 is 1.41. The van der Waals surface area contributed by atoms with Crippen molar-refractivity contribution in [2.75, 3.05) is 24.3 Å². The summed E-state index contributed by atoms with van der Waals surface area (Å²) in [6, 6.07) is 24.7. The third-order valence-electron chi connectivity index (χ3n) is 7.91. The highest BCUT2D eigenvalue weighted by molar-refractivity contribution is 7.97. The Bertz CT molecular complexity index is 1660. The van der Waals surface area contributed by atoms with Crippen molar-refractivity contribution in [2.45, 2.75) is 63.7 Å². The molecule has 0 saturated heterocycles. The molecular weight excluding hydrogens is 670 g/mol. The van der Waals surface area contributed by atoms with E-state index < -0.39 is 23.6 Å². The van der Waals surface area contributed by atoms with Crippen molar-refractivity contribution < 1.29 is 33.8 Å². The van der Waals surface area contributed by atoms with Crippen molar-refractivity contribution >= 4 is 47.9 Å². The topological polar surface area (TPSA) is 145 Å². The molecule has 4 aromatic carbocycles. The van der Waals surface area contributed by atoms with Crippen molar-refractivity contribution in [1.29, 1.82) is 0 Å². The van der Waals surface area contributed by atoms with Gasteiger partial charge >= 0.3 is 5.97 Å². The van der Waals surface area contributed by atoms with Gasteiger partial charge < -0.3 is 25.6 Å².